The number of nitrogens with zero attached hydrogens (tertiary/aromatic N) is 2. The first-order chi connectivity index (χ1) is 14.6. The molecule has 1 heterocycles. The predicted octanol–water partition coefficient (Wildman–Crippen LogP) is 3.59. The fraction of sp³-hybridized carbons (Fsp3) is 0.364. The number of sulfonamides is 1. The molecular formula is C22H24ClFN2O4S. The van der Waals surface area contributed by atoms with Crippen LogP contribution in [-0.2, 0) is 14.8 Å². The molecule has 0 N–H and O–H groups in total. The number of amides is 1. The van der Waals surface area contributed by atoms with Gasteiger partial charge in [0.2, 0.25) is 15.9 Å². The van der Waals surface area contributed by atoms with Crippen LogP contribution in [0.5, 0.6) is 0 Å². The van der Waals surface area contributed by atoms with Gasteiger partial charge in [0.1, 0.15) is 5.82 Å². The van der Waals surface area contributed by atoms with Gasteiger partial charge in [-0.25, -0.2) is 12.8 Å². The number of ketones is 1. The van der Waals surface area contributed by atoms with Crippen molar-refractivity contribution in [3.05, 3.63) is 63.9 Å². The Kier molecular flexibility index (Phi) is 7.13. The molecule has 2 aromatic carbocycles. The summed E-state index contributed by atoms with van der Waals surface area (Å²) in [5.41, 5.74) is 2.71. The molecule has 1 saturated heterocycles. The maximum atomic E-state index is 13.3. The number of rotatable bonds is 6. The molecule has 2 aromatic rings. The standard InChI is InChI=1S/C22H24ClFN2O4S/c1-15-3-4-17(13-16(15)2)21(27)7-8-22(28)25-9-11-26(12-10-25)31(29,30)18-5-6-20(24)19(23)14-18/h3-6,13-14H,7-12H2,1-2H3. The largest absolute Gasteiger partial charge is 0.340 e. The molecule has 0 atom stereocenters. The van der Waals surface area contributed by atoms with Crippen molar-refractivity contribution in [2.45, 2.75) is 31.6 Å². The zero-order chi connectivity index (χ0) is 22.8. The number of hydrogen-bond donors (Lipinski definition) is 0. The molecule has 6 nitrogen and oxygen atoms in total. The molecule has 3 rings (SSSR count). The SMILES string of the molecule is Cc1ccc(C(=O)CCC(=O)N2CCN(S(=O)(=O)c3ccc(F)c(Cl)c3)CC2)cc1C. The maximum Gasteiger partial charge on any atom is 0.243 e. The molecule has 0 aromatic heterocycles. The predicted molar refractivity (Wildman–Crippen MR) is 116 cm³/mol. The Labute approximate surface area is 186 Å². The molecule has 0 saturated carbocycles. The van der Waals surface area contributed by atoms with Crippen LogP contribution >= 0.6 is 11.6 Å². The molecular weight excluding hydrogens is 443 g/mol. The number of piperazine rings is 1. The van der Waals surface area contributed by atoms with Gasteiger partial charge in [-0.3, -0.25) is 9.59 Å². The van der Waals surface area contributed by atoms with Crippen LogP contribution in [0.25, 0.3) is 0 Å². The zero-order valence-corrected chi connectivity index (χ0v) is 19.0. The van der Waals surface area contributed by atoms with E-state index in [0.29, 0.717) is 5.56 Å². The fourth-order valence-corrected chi connectivity index (χ4v) is 5.10. The molecule has 166 valence electrons. The highest BCUT2D eigenvalue weighted by Crippen LogP contribution is 2.23. The van der Waals surface area contributed by atoms with Crippen LogP contribution in [0.2, 0.25) is 5.02 Å². The Bertz CT molecular complexity index is 1110. The Balaban J connectivity index is 1.55. The number of halogens is 2. The van der Waals surface area contributed by atoms with Gasteiger partial charge in [-0.15, -0.1) is 0 Å². The molecule has 0 bridgehead atoms. The molecule has 1 amide bonds. The lowest BCUT2D eigenvalue weighted by atomic mass is 10.0. The van der Waals surface area contributed by atoms with Crippen LogP contribution in [0.4, 0.5) is 4.39 Å². The Morgan fingerprint density at radius 2 is 1.65 bits per heavy atom. The highest BCUT2D eigenvalue weighted by atomic mass is 35.5. The summed E-state index contributed by atoms with van der Waals surface area (Å²) in [7, 11) is -3.83. The molecule has 0 radical (unpaired) electrons. The number of hydrogen-bond acceptors (Lipinski definition) is 4. The third kappa shape index (κ3) is 5.31. The maximum absolute atomic E-state index is 13.3. The highest BCUT2D eigenvalue weighted by Gasteiger charge is 2.30. The summed E-state index contributed by atoms with van der Waals surface area (Å²) in [5.74, 6) is -0.962. The highest BCUT2D eigenvalue weighted by molar-refractivity contribution is 7.89. The van der Waals surface area contributed by atoms with Crippen LogP contribution in [0.15, 0.2) is 41.3 Å². The van der Waals surface area contributed by atoms with Crippen molar-refractivity contribution in [1.82, 2.24) is 9.21 Å². The van der Waals surface area contributed by atoms with Crippen molar-refractivity contribution in [3.8, 4) is 0 Å². The second kappa shape index (κ2) is 9.46. The summed E-state index contributed by atoms with van der Waals surface area (Å²) in [6.45, 7) is 4.60. The van der Waals surface area contributed by atoms with Gasteiger partial charge < -0.3 is 4.90 Å². The van der Waals surface area contributed by atoms with E-state index in [4.69, 9.17) is 11.6 Å². The van der Waals surface area contributed by atoms with E-state index in [-0.39, 0.29) is 60.6 Å². The Hall–Kier alpha value is -2.29. The first-order valence-electron chi connectivity index (χ1n) is 9.93. The van der Waals surface area contributed by atoms with E-state index in [0.717, 1.165) is 23.3 Å². The Morgan fingerprint density at radius 1 is 0.968 bits per heavy atom. The molecule has 31 heavy (non-hydrogen) atoms. The van der Waals surface area contributed by atoms with E-state index in [1.165, 1.54) is 10.4 Å². The average molecular weight is 467 g/mol. The van der Waals surface area contributed by atoms with E-state index in [1.807, 2.05) is 26.0 Å². The van der Waals surface area contributed by atoms with Crippen molar-refractivity contribution in [1.29, 1.82) is 0 Å². The van der Waals surface area contributed by atoms with Crippen LogP contribution in [0.1, 0.15) is 34.3 Å². The van der Waals surface area contributed by atoms with E-state index in [2.05, 4.69) is 0 Å². The average Bonchev–Trinajstić information content (AvgIpc) is 2.75. The van der Waals surface area contributed by atoms with Crippen molar-refractivity contribution in [2.24, 2.45) is 0 Å². The lowest BCUT2D eigenvalue weighted by Gasteiger charge is -2.34. The lowest BCUT2D eigenvalue weighted by molar-refractivity contribution is -0.132. The third-order valence-electron chi connectivity index (χ3n) is 5.51. The molecule has 9 heteroatoms. The third-order valence-corrected chi connectivity index (χ3v) is 7.70. The number of aryl methyl sites for hydroxylation is 2. The minimum absolute atomic E-state index is 0.0755. The topological polar surface area (TPSA) is 74.8 Å². The number of Topliss-reactive ketones (excluding diaryl/α,β-unsaturated/α-hetero) is 1. The summed E-state index contributed by atoms with van der Waals surface area (Å²) in [5, 5.41) is -0.261. The van der Waals surface area contributed by atoms with Gasteiger partial charge in [0, 0.05) is 44.6 Å². The molecule has 1 fully saturated rings. The number of carbonyl (C=O) groups excluding carboxylic acids is 2. The van der Waals surface area contributed by atoms with Gasteiger partial charge in [0.15, 0.2) is 5.78 Å². The van der Waals surface area contributed by atoms with E-state index < -0.39 is 15.8 Å². The first kappa shape index (κ1) is 23.4. The van der Waals surface area contributed by atoms with Gasteiger partial charge in [0.25, 0.3) is 0 Å². The smallest absolute Gasteiger partial charge is 0.243 e. The second-order valence-electron chi connectivity index (χ2n) is 7.58. The van der Waals surface area contributed by atoms with E-state index in [9.17, 15) is 22.4 Å². The van der Waals surface area contributed by atoms with E-state index >= 15 is 0 Å². The van der Waals surface area contributed by atoms with Crippen molar-refractivity contribution >= 4 is 33.3 Å². The molecule has 0 spiro atoms. The van der Waals surface area contributed by atoms with Crippen molar-refractivity contribution in [3.63, 3.8) is 0 Å². The minimum atomic E-state index is -3.83. The normalized spacial score (nSPS) is 15.2. The lowest BCUT2D eigenvalue weighted by Crippen LogP contribution is -2.50. The van der Waals surface area contributed by atoms with Gasteiger partial charge in [-0.05, 0) is 49.2 Å². The van der Waals surface area contributed by atoms with Gasteiger partial charge in [-0.1, -0.05) is 23.7 Å². The first-order valence-corrected chi connectivity index (χ1v) is 11.7. The zero-order valence-electron chi connectivity index (χ0n) is 17.4. The molecule has 1 aliphatic heterocycles. The van der Waals surface area contributed by atoms with Gasteiger partial charge in [-0.2, -0.15) is 4.31 Å². The quantitative estimate of drug-likeness (QED) is 0.610. The second-order valence-corrected chi connectivity index (χ2v) is 9.93. The Morgan fingerprint density at radius 3 is 2.26 bits per heavy atom. The summed E-state index contributed by atoms with van der Waals surface area (Å²) >= 11 is 5.71. The summed E-state index contributed by atoms with van der Waals surface area (Å²) in [6.07, 6.45) is 0.181. The van der Waals surface area contributed by atoms with Gasteiger partial charge in [0.05, 0.1) is 9.92 Å². The molecule has 1 aliphatic rings. The summed E-state index contributed by atoms with van der Waals surface area (Å²) in [6, 6.07) is 8.75. The van der Waals surface area contributed by atoms with Crippen LogP contribution in [0.3, 0.4) is 0 Å². The van der Waals surface area contributed by atoms with E-state index in [1.54, 1.807) is 11.0 Å². The monoisotopic (exact) mass is 466 g/mol. The fourth-order valence-electron chi connectivity index (χ4n) is 3.40. The summed E-state index contributed by atoms with van der Waals surface area (Å²) in [4.78, 5) is 26.4. The number of carbonyl (C=O) groups is 2. The van der Waals surface area contributed by atoms with Crippen LogP contribution in [0, 0.1) is 19.7 Å². The van der Waals surface area contributed by atoms with Crippen molar-refractivity contribution in [2.75, 3.05) is 26.2 Å². The van der Waals surface area contributed by atoms with Crippen molar-refractivity contribution < 1.29 is 22.4 Å². The molecule has 0 aliphatic carbocycles. The minimum Gasteiger partial charge on any atom is -0.340 e. The van der Waals surface area contributed by atoms with Crippen LogP contribution in [-0.4, -0.2) is 55.5 Å². The van der Waals surface area contributed by atoms with Gasteiger partial charge >= 0.3 is 0 Å². The van der Waals surface area contributed by atoms with Crippen LogP contribution < -0.4 is 0 Å². The molecule has 0 unspecified atom stereocenters. The number of benzene rings is 2. The summed E-state index contributed by atoms with van der Waals surface area (Å²) < 4.78 is 40.1.